The minimum absolute atomic E-state index is 0. The second kappa shape index (κ2) is 5.97. The van der Waals surface area contributed by atoms with Gasteiger partial charge in [0.15, 0.2) is 0 Å². The number of hydrogen-bond donors (Lipinski definition) is 2. The summed E-state index contributed by atoms with van der Waals surface area (Å²) >= 11 is 0. The Labute approximate surface area is 85.1 Å². The van der Waals surface area contributed by atoms with E-state index < -0.39 is 5.67 Å². The van der Waals surface area contributed by atoms with Gasteiger partial charge in [0.1, 0.15) is 5.67 Å². The van der Waals surface area contributed by atoms with Gasteiger partial charge in [-0.3, -0.25) is 0 Å². The van der Waals surface area contributed by atoms with Crippen LogP contribution in [0.1, 0.15) is 19.3 Å². The first-order valence-electron chi connectivity index (χ1n) is 3.79. The highest BCUT2D eigenvalue weighted by atomic mass is 35.5. The van der Waals surface area contributed by atoms with Crippen LogP contribution in [0.2, 0.25) is 0 Å². The summed E-state index contributed by atoms with van der Waals surface area (Å²) in [7, 11) is 0. The van der Waals surface area contributed by atoms with Gasteiger partial charge in [-0.1, -0.05) is 12.8 Å². The normalized spacial score (nSPS) is 16.2. The van der Waals surface area contributed by atoms with E-state index in [1.807, 2.05) is 0 Å². The maximum atomic E-state index is 13.3. The number of rotatable bonds is 4. The van der Waals surface area contributed by atoms with E-state index in [1.165, 1.54) is 0 Å². The van der Waals surface area contributed by atoms with Gasteiger partial charge in [-0.05, 0) is 12.3 Å². The van der Waals surface area contributed by atoms with Gasteiger partial charge in [0.2, 0.25) is 0 Å². The zero-order valence-corrected chi connectivity index (χ0v) is 8.60. The molecule has 0 aromatic carbocycles. The van der Waals surface area contributed by atoms with Crippen LogP contribution >= 0.6 is 24.8 Å². The highest BCUT2D eigenvalue weighted by Gasteiger charge is 2.34. The maximum absolute atomic E-state index is 13.3. The Morgan fingerprint density at radius 1 is 1.17 bits per heavy atom. The molecule has 0 unspecified atom stereocenters. The summed E-state index contributed by atoms with van der Waals surface area (Å²) in [6.45, 7) is 0.139. The van der Waals surface area contributed by atoms with E-state index in [-0.39, 0.29) is 37.9 Å². The predicted octanol–water partition coefficient (Wildman–Crippen LogP) is 1.26. The van der Waals surface area contributed by atoms with Crippen LogP contribution in [0.4, 0.5) is 4.39 Å². The molecular formula is C7H17Cl2FN2. The Kier molecular flexibility index (Phi) is 7.43. The van der Waals surface area contributed by atoms with E-state index in [2.05, 4.69) is 0 Å². The van der Waals surface area contributed by atoms with Gasteiger partial charge in [0, 0.05) is 13.1 Å². The molecule has 0 aliphatic heterocycles. The summed E-state index contributed by atoms with van der Waals surface area (Å²) in [6, 6.07) is 0. The average molecular weight is 219 g/mol. The van der Waals surface area contributed by atoms with Crippen molar-refractivity contribution in [1.82, 2.24) is 0 Å². The van der Waals surface area contributed by atoms with Crippen LogP contribution in [0.25, 0.3) is 0 Å². The van der Waals surface area contributed by atoms with Crippen LogP contribution in [0.3, 0.4) is 0 Å². The van der Waals surface area contributed by atoms with Crippen molar-refractivity contribution in [2.24, 2.45) is 17.4 Å². The largest absolute Gasteiger partial charge is 0.327 e. The molecule has 0 saturated heterocycles. The highest BCUT2D eigenvalue weighted by molar-refractivity contribution is 5.85. The molecule has 1 saturated carbocycles. The van der Waals surface area contributed by atoms with Crippen molar-refractivity contribution in [1.29, 1.82) is 0 Å². The Morgan fingerprint density at radius 3 is 1.83 bits per heavy atom. The number of hydrogen-bond acceptors (Lipinski definition) is 2. The van der Waals surface area contributed by atoms with Crippen molar-refractivity contribution in [3.05, 3.63) is 0 Å². The third-order valence-corrected chi connectivity index (χ3v) is 2.08. The molecule has 0 heterocycles. The van der Waals surface area contributed by atoms with Crippen LogP contribution in [-0.4, -0.2) is 18.8 Å². The Hall–Kier alpha value is 0.430. The van der Waals surface area contributed by atoms with Gasteiger partial charge in [0.05, 0.1) is 0 Å². The molecule has 1 rings (SSSR count). The van der Waals surface area contributed by atoms with E-state index in [9.17, 15) is 4.39 Å². The first-order chi connectivity index (χ1) is 4.70. The van der Waals surface area contributed by atoms with Crippen molar-refractivity contribution in [3.63, 3.8) is 0 Å². The third-order valence-electron chi connectivity index (χ3n) is 2.08. The molecule has 0 atom stereocenters. The third kappa shape index (κ3) is 4.45. The molecule has 0 aromatic heterocycles. The fourth-order valence-corrected chi connectivity index (χ4v) is 1.09. The molecule has 1 aliphatic carbocycles. The number of halogens is 3. The summed E-state index contributed by atoms with van der Waals surface area (Å²) < 4.78 is 13.3. The highest BCUT2D eigenvalue weighted by Crippen LogP contribution is 2.37. The monoisotopic (exact) mass is 218 g/mol. The topological polar surface area (TPSA) is 52.0 Å². The van der Waals surface area contributed by atoms with Crippen LogP contribution in [0.5, 0.6) is 0 Å². The summed E-state index contributed by atoms with van der Waals surface area (Å²) in [5.74, 6) is 0.567. The van der Waals surface area contributed by atoms with Gasteiger partial charge in [0.25, 0.3) is 0 Å². The Bertz CT molecular complexity index is 116. The molecule has 0 spiro atoms. The van der Waals surface area contributed by atoms with Crippen LogP contribution in [0.15, 0.2) is 0 Å². The number of alkyl halides is 1. The summed E-state index contributed by atoms with van der Waals surface area (Å²) in [6.07, 6.45) is 2.89. The predicted molar refractivity (Wildman–Crippen MR) is 53.8 cm³/mol. The first-order valence-corrected chi connectivity index (χ1v) is 3.79. The van der Waals surface area contributed by atoms with Crippen LogP contribution in [0, 0.1) is 5.92 Å². The van der Waals surface area contributed by atoms with Crippen molar-refractivity contribution in [2.75, 3.05) is 13.1 Å². The van der Waals surface area contributed by atoms with E-state index >= 15 is 0 Å². The molecule has 1 fully saturated rings. The van der Waals surface area contributed by atoms with E-state index in [1.54, 1.807) is 0 Å². The zero-order valence-electron chi connectivity index (χ0n) is 6.96. The van der Waals surface area contributed by atoms with Crippen molar-refractivity contribution < 1.29 is 4.39 Å². The van der Waals surface area contributed by atoms with Gasteiger partial charge in [-0.2, -0.15) is 0 Å². The van der Waals surface area contributed by atoms with Crippen molar-refractivity contribution in [3.8, 4) is 0 Å². The maximum Gasteiger partial charge on any atom is 0.135 e. The fraction of sp³-hybridized carbons (Fsp3) is 1.00. The SMILES string of the molecule is Cl.Cl.NCC(F)(CN)CC1CC1. The molecule has 1 aliphatic rings. The molecular weight excluding hydrogens is 202 g/mol. The van der Waals surface area contributed by atoms with Gasteiger partial charge >= 0.3 is 0 Å². The molecule has 0 aromatic rings. The Morgan fingerprint density at radius 2 is 1.58 bits per heavy atom. The summed E-state index contributed by atoms with van der Waals surface area (Å²) in [4.78, 5) is 0. The molecule has 4 N–H and O–H groups in total. The minimum Gasteiger partial charge on any atom is -0.327 e. The minimum atomic E-state index is -1.28. The lowest BCUT2D eigenvalue weighted by molar-refractivity contribution is 0.161. The summed E-state index contributed by atoms with van der Waals surface area (Å²) in [5.41, 5.74) is 9.20. The summed E-state index contributed by atoms with van der Waals surface area (Å²) in [5, 5.41) is 0. The number of nitrogens with two attached hydrogens (primary N) is 2. The van der Waals surface area contributed by atoms with E-state index in [0.717, 1.165) is 12.8 Å². The van der Waals surface area contributed by atoms with E-state index in [4.69, 9.17) is 11.5 Å². The molecule has 0 radical (unpaired) electrons. The van der Waals surface area contributed by atoms with Crippen LogP contribution < -0.4 is 11.5 Å². The molecule has 0 bridgehead atoms. The molecule has 2 nitrogen and oxygen atoms in total. The van der Waals surface area contributed by atoms with E-state index in [0.29, 0.717) is 12.3 Å². The first kappa shape index (κ1) is 14.9. The molecule has 0 amide bonds. The lowest BCUT2D eigenvalue weighted by atomic mass is 9.99. The van der Waals surface area contributed by atoms with Gasteiger partial charge in [-0.15, -0.1) is 24.8 Å². The second-order valence-electron chi connectivity index (χ2n) is 3.21. The quantitative estimate of drug-likeness (QED) is 0.747. The standard InChI is InChI=1S/C7H15FN2.2ClH/c8-7(4-9,5-10)3-6-1-2-6;;/h6H,1-5,9-10H2;2*1H. The lowest BCUT2D eigenvalue weighted by Gasteiger charge is -2.20. The Balaban J connectivity index is 0. The van der Waals surface area contributed by atoms with Crippen molar-refractivity contribution >= 4 is 24.8 Å². The van der Waals surface area contributed by atoms with Gasteiger partial charge < -0.3 is 11.5 Å². The van der Waals surface area contributed by atoms with Crippen LogP contribution in [-0.2, 0) is 0 Å². The smallest absolute Gasteiger partial charge is 0.135 e. The van der Waals surface area contributed by atoms with Crippen molar-refractivity contribution in [2.45, 2.75) is 24.9 Å². The average Bonchev–Trinajstić information content (AvgIpc) is 2.72. The zero-order chi connectivity index (χ0) is 7.61. The molecule has 12 heavy (non-hydrogen) atoms. The fourth-order valence-electron chi connectivity index (χ4n) is 1.09. The lowest BCUT2D eigenvalue weighted by Crippen LogP contribution is -2.41. The second-order valence-corrected chi connectivity index (χ2v) is 3.21. The molecule has 5 heteroatoms. The van der Waals surface area contributed by atoms with Gasteiger partial charge in [-0.25, -0.2) is 4.39 Å². The molecule has 76 valence electrons.